The van der Waals surface area contributed by atoms with Gasteiger partial charge in [-0.2, -0.15) is 0 Å². The van der Waals surface area contributed by atoms with Crippen LogP contribution in [0.4, 0.5) is 0 Å². The molecule has 300 valence electrons. The summed E-state index contributed by atoms with van der Waals surface area (Å²) >= 11 is 0. The highest BCUT2D eigenvalue weighted by Crippen LogP contribution is 2.52. The van der Waals surface area contributed by atoms with Crippen LogP contribution in [0, 0.1) is 5.41 Å². The van der Waals surface area contributed by atoms with Crippen LogP contribution in [-0.2, 0) is 12.1 Å². The third-order valence-electron chi connectivity index (χ3n) is 13.3. The van der Waals surface area contributed by atoms with E-state index in [1.807, 2.05) is 60.7 Å². The van der Waals surface area contributed by atoms with Crippen LogP contribution in [0.2, 0.25) is 0 Å². The van der Waals surface area contributed by atoms with Gasteiger partial charge in [-0.3, -0.25) is 5.41 Å². The topological polar surface area (TPSA) is 58.1 Å². The van der Waals surface area contributed by atoms with Crippen LogP contribution in [0.5, 0.6) is 0 Å². The number of rotatable bonds is 6. The van der Waals surface area contributed by atoms with E-state index >= 15 is 0 Å². The number of amidine groups is 2. The van der Waals surface area contributed by atoms with Crippen molar-refractivity contribution < 1.29 is 0 Å². The standard InChI is InChI=1S/C58H43N5/c1-58(2)49-28-16-14-25-42(49)47-35-53-48(33-50(47)58)55-45-27-13-12-24-41(45)46(34-54(55)63(53)40-22-10-5-11-23-40)39-30-31-44-43-26-15-17-29-51(43)62(52(44)32-39)36-60-57(38-20-8-4-9-21-38)61-56(59)37-18-6-3-7-19-37/h3-35H,36H2,1-2H3,(H2,59,60,61). The first-order valence-electron chi connectivity index (χ1n) is 21.7. The summed E-state index contributed by atoms with van der Waals surface area (Å²) in [7, 11) is 0. The van der Waals surface area contributed by atoms with Gasteiger partial charge in [0, 0.05) is 43.8 Å². The maximum Gasteiger partial charge on any atom is 0.154 e. The number of nitrogens with zero attached hydrogens (tertiary/aromatic N) is 3. The molecule has 0 aliphatic heterocycles. The van der Waals surface area contributed by atoms with Crippen molar-refractivity contribution >= 4 is 66.1 Å². The highest BCUT2D eigenvalue weighted by molar-refractivity contribution is 6.25. The number of fused-ring (bicyclic) bond motifs is 11. The molecule has 1 aliphatic rings. The monoisotopic (exact) mass is 809 g/mol. The molecule has 0 amide bonds. The van der Waals surface area contributed by atoms with Crippen molar-refractivity contribution in [3.8, 4) is 27.9 Å². The predicted molar refractivity (Wildman–Crippen MR) is 264 cm³/mol. The second kappa shape index (κ2) is 14.3. The Morgan fingerprint density at radius 3 is 1.89 bits per heavy atom. The molecule has 0 saturated heterocycles. The summed E-state index contributed by atoms with van der Waals surface area (Å²) in [4.78, 5) is 4.87. The van der Waals surface area contributed by atoms with E-state index in [9.17, 15) is 0 Å². The maximum absolute atomic E-state index is 8.92. The molecule has 1 aliphatic carbocycles. The zero-order valence-corrected chi connectivity index (χ0v) is 35.1. The predicted octanol–water partition coefficient (Wildman–Crippen LogP) is 14.0. The zero-order valence-electron chi connectivity index (χ0n) is 35.1. The third kappa shape index (κ3) is 5.77. The van der Waals surface area contributed by atoms with Crippen molar-refractivity contribution in [2.45, 2.75) is 25.9 Å². The second-order valence-electron chi connectivity index (χ2n) is 17.2. The Bertz CT molecular complexity index is 3650. The van der Waals surface area contributed by atoms with Gasteiger partial charge in [0.05, 0.1) is 28.7 Å². The van der Waals surface area contributed by atoms with Gasteiger partial charge in [0.1, 0.15) is 5.84 Å². The fourth-order valence-corrected chi connectivity index (χ4v) is 10.3. The van der Waals surface area contributed by atoms with Gasteiger partial charge in [-0.1, -0.05) is 172 Å². The van der Waals surface area contributed by atoms with Crippen LogP contribution in [0.15, 0.2) is 205 Å². The highest BCUT2D eigenvalue weighted by Gasteiger charge is 2.36. The summed E-state index contributed by atoms with van der Waals surface area (Å²) in [6.45, 7) is 5.19. The Hall–Kier alpha value is -8.02. The molecule has 2 aromatic heterocycles. The summed E-state index contributed by atoms with van der Waals surface area (Å²) in [5.74, 6) is 0.856. The van der Waals surface area contributed by atoms with E-state index in [-0.39, 0.29) is 11.3 Å². The fourth-order valence-electron chi connectivity index (χ4n) is 10.3. The van der Waals surface area contributed by atoms with Crippen molar-refractivity contribution in [2.24, 2.45) is 4.99 Å². The number of hydrogen-bond acceptors (Lipinski definition) is 1. The summed E-state index contributed by atoms with van der Waals surface area (Å²) in [5, 5.41) is 20.0. The molecular formula is C58H43N5. The van der Waals surface area contributed by atoms with Crippen LogP contribution in [0.3, 0.4) is 0 Å². The SMILES string of the molecule is CC1(C)c2ccccc2-c2cc3c(cc21)c1c2ccccc2c(-c2ccc4c5ccccc5n(CNC(=NC(=N)c5ccccc5)c5ccccc5)c4c2)cc1n3-c1ccccc1. The number of nitrogens with one attached hydrogen (secondary N) is 2. The lowest BCUT2D eigenvalue weighted by Crippen LogP contribution is -2.28. The molecular weight excluding hydrogens is 767 g/mol. The van der Waals surface area contributed by atoms with Crippen molar-refractivity contribution in [3.63, 3.8) is 0 Å². The molecule has 2 N–H and O–H groups in total. The van der Waals surface area contributed by atoms with E-state index in [4.69, 9.17) is 10.4 Å². The number of benzene rings is 9. The minimum Gasteiger partial charge on any atom is -0.352 e. The van der Waals surface area contributed by atoms with E-state index in [0.717, 1.165) is 33.4 Å². The van der Waals surface area contributed by atoms with E-state index < -0.39 is 0 Å². The molecule has 12 rings (SSSR count). The fraction of sp³-hybridized carbons (Fsp3) is 0.0690. The van der Waals surface area contributed by atoms with E-state index in [2.05, 4.69) is 168 Å². The lowest BCUT2D eigenvalue weighted by Gasteiger charge is -2.21. The minimum atomic E-state index is -0.114. The van der Waals surface area contributed by atoms with E-state index in [1.165, 1.54) is 71.2 Å². The molecule has 5 heteroatoms. The van der Waals surface area contributed by atoms with Crippen LogP contribution >= 0.6 is 0 Å². The Kier molecular flexibility index (Phi) is 8.35. The van der Waals surface area contributed by atoms with Gasteiger partial charge in [0.2, 0.25) is 0 Å². The summed E-state index contributed by atoms with van der Waals surface area (Å²) in [5.41, 5.74) is 15.1. The summed E-state index contributed by atoms with van der Waals surface area (Å²) in [6.07, 6.45) is 0. The normalized spacial score (nSPS) is 13.3. The second-order valence-corrected chi connectivity index (χ2v) is 17.2. The Labute approximate surface area is 365 Å². The van der Waals surface area contributed by atoms with Crippen molar-refractivity contribution in [3.05, 3.63) is 222 Å². The van der Waals surface area contributed by atoms with Gasteiger partial charge < -0.3 is 14.5 Å². The average molecular weight is 810 g/mol. The van der Waals surface area contributed by atoms with Crippen LogP contribution < -0.4 is 5.32 Å². The number of hydrogen-bond donors (Lipinski definition) is 2. The summed E-state index contributed by atoms with van der Waals surface area (Å²) < 4.78 is 4.83. The van der Waals surface area contributed by atoms with Gasteiger partial charge in [-0.15, -0.1) is 0 Å². The van der Waals surface area contributed by atoms with Gasteiger partial charge in [-0.25, -0.2) is 4.99 Å². The molecule has 0 atom stereocenters. The summed E-state index contributed by atoms with van der Waals surface area (Å²) in [6, 6.07) is 71.4. The lowest BCUT2D eigenvalue weighted by atomic mass is 9.82. The van der Waals surface area contributed by atoms with Crippen molar-refractivity contribution in [2.75, 3.05) is 0 Å². The van der Waals surface area contributed by atoms with E-state index in [0.29, 0.717) is 12.5 Å². The van der Waals surface area contributed by atoms with Crippen LogP contribution in [0.25, 0.3) is 82.3 Å². The van der Waals surface area contributed by atoms with Crippen LogP contribution in [-0.4, -0.2) is 20.8 Å². The van der Waals surface area contributed by atoms with Gasteiger partial charge in [-0.05, 0) is 86.6 Å². The largest absolute Gasteiger partial charge is 0.352 e. The Morgan fingerprint density at radius 1 is 0.492 bits per heavy atom. The first-order valence-corrected chi connectivity index (χ1v) is 21.7. The lowest BCUT2D eigenvalue weighted by molar-refractivity contribution is 0.661. The van der Waals surface area contributed by atoms with E-state index in [1.54, 1.807) is 0 Å². The highest BCUT2D eigenvalue weighted by atomic mass is 15.2. The zero-order chi connectivity index (χ0) is 42.2. The molecule has 0 fully saturated rings. The average Bonchev–Trinajstić information content (AvgIpc) is 3.92. The van der Waals surface area contributed by atoms with Crippen molar-refractivity contribution in [1.29, 1.82) is 5.41 Å². The molecule has 0 saturated carbocycles. The molecule has 5 nitrogen and oxygen atoms in total. The third-order valence-corrected chi connectivity index (χ3v) is 13.3. The Morgan fingerprint density at radius 2 is 1.11 bits per heavy atom. The van der Waals surface area contributed by atoms with Gasteiger partial charge in [0.15, 0.2) is 5.84 Å². The van der Waals surface area contributed by atoms with Crippen molar-refractivity contribution in [1.82, 2.24) is 14.5 Å². The molecule has 0 spiro atoms. The van der Waals surface area contributed by atoms with Crippen LogP contribution in [0.1, 0.15) is 36.1 Å². The number of aliphatic imine (C=N–C) groups is 1. The Balaban J connectivity index is 1.06. The maximum atomic E-state index is 8.92. The first-order chi connectivity index (χ1) is 30.9. The number of aromatic nitrogens is 2. The molecule has 0 radical (unpaired) electrons. The van der Waals surface area contributed by atoms with Gasteiger partial charge in [0.25, 0.3) is 0 Å². The molecule has 0 unspecified atom stereocenters. The number of para-hydroxylation sites is 2. The quantitative estimate of drug-likeness (QED) is 0.128. The first kappa shape index (κ1) is 36.8. The molecule has 0 bridgehead atoms. The minimum absolute atomic E-state index is 0.114. The molecule has 2 heterocycles. The molecule has 11 aromatic rings. The molecule has 9 aromatic carbocycles. The smallest absolute Gasteiger partial charge is 0.154 e. The molecule has 63 heavy (non-hydrogen) atoms. The van der Waals surface area contributed by atoms with Gasteiger partial charge >= 0.3 is 0 Å².